The van der Waals surface area contributed by atoms with Crippen molar-refractivity contribution >= 4 is 11.8 Å². The van der Waals surface area contributed by atoms with Crippen LogP contribution in [0.2, 0.25) is 0 Å². The maximum Gasteiger partial charge on any atom is 0.171 e. The van der Waals surface area contributed by atoms with Gasteiger partial charge in [-0.15, -0.1) is 11.8 Å². The molecular weight excluding hydrogens is 136 g/mol. The number of hydrogen-bond acceptors (Lipinski definition) is 3. The number of rotatable bonds is 1. The average Bonchev–Trinajstić information content (AvgIpc) is 2.15. The molecule has 0 spiro atoms. The first-order valence-corrected chi connectivity index (χ1v) is 3.69. The van der Waals surface area contributed by atoms with Gasteiger partial charge in [0.15, 0.2) is 6.29 Å². The molecule has 0 fully saturated rings. The van der Waals surface area contributed by atoms with Gasteiger partial charge in [0.05, 0.1) is 0 Å². The Morgan fingerprint density at radius 2 is 2.44 bits per heavy atom. The van der Waals surface area contributed by atoms with Crippen LogP contribution >= 0.6 is 11.8 Å². The molecule has 0 saturated heterocycles. The summed E-state index contributed by atoms with van der Waals surface area (Å²) in [6.07, 6.45) is 2.00. The van der Waals surface area contributed by atoms with Crippen molar-refractivity contribution in [3.63, 3.8) is 0 Å². The molecule has 1 heterocycles. The molecule has 0 radical (unpaired) electrons. The lowest BCUT2D eigenvalue weighted by Crippen LogP contribution is -1.99. The van der Waals surface area contributed by atoms with Crippen LogP contribution in [0.4, 0.5) is 0 Å². The van der Waals surface area contributed by atoms with E-state index in [4.69, 9.17) is 10.2 Å². The van der Waals surface area contributed by atoms with Gasteiger partial charge in [-0.3, -0.25) is 0 Å². The zero-order valence-electron chi connectivity index (χ0n) is 4.82. The Bertz CT molecular complexity index is 149. The third-order valence-electron chi connectivity index (χ3n) is 0.991. The quantitative estimate of drug-likeness (QED) is 0.526. The molecular formula is C6H8O2S. The van der Waals surface area contributed by atoms with Crippen LogP contribution in [-0.4, -0.2) is 22.3 Å². The van der Waals surface area contributed by atoms with E-state index in [0.717, 1.165) is 11.3 Å². The first-order chi connectivity index (χ1) is 4.29. The van der Waals surface area contributed by atoms with Gasteiger partial charge < -0.3 is 10.2 Å². The lowest BCUT2D eigenvalue weighted by atomic mass is 10.3. The van der Waals surface area contributed by atoms with Gasteiger partial charge in [-0.05, 0) is 17.1 Å². The molecule has 1 aliphatic heterocycles. The number of aliphatic hydroxyl groups is 2. The topological polar surface area (TPSA) is 40.5 Å². The van der Waals surface area contributed by atoms with Gasteiger partial charge in [-0.2, -0.15) is 0 Å². The van der Waals surface area contributed by atoms with E-state index in [-0.39, 0.29) is 0 Å². The van der Waals surface area contributed by atoms with E-state index in [9.17, 15) is 0 Å². The molecule has 0 aliphatic carbocycles. The molecule has 0 unspecified atom stereocenters. The van der Waals surface area contributed by atoms with E-state index < -0.39 is 6.29 Å². The molecule has 3 heteroatoms. The van der Waals surface area contributed by atoms with Crippen LogP contribution in [0.15, 0.2) is 23.1 Å². The Morgan fingerprint density at radius 1 is 1.67 bits per heavy atom. The fraction of sp³-hybridized carbons (Fsp3) is 0.333. The second-order valence-electron chi connectivity index (χ2n) is 1.77. The van der Waals surface area contributed by atoms with E-state index >= 15 is 0 Å². The van der Waals surface area contributed by atoms with E-state index in [1.165, 1.54) is 6.08 Å². The molecule has 2 nitrogen and oxygen atoms in total. The second kappa shape index (κ2) is 3.06. The zero-order valence-corrected chi connectivity index (χ0v) is 5.64. The molecule has 1 rings (SSSR count). The van der Waals surface area contributed by atoms with Crippen molar-refractivity contribution in [2.24, 2.45) is 0 Å². The molecule has 0 aromatic heterocycles. The van der Waals surface area contributed by atoms with Gasteiger partial charge in [0, 0.05) is 5.75 Å². The van der Waals surface area contributed by atoms with Crippen molar-refractivity contribution < 1.29 is 10.2 Å². The molecule has 0 atom stereocenters. The van der Waals surface area contributed by atoms with Crippen molar-refractivity contribution in [2.75, 3.05) is 5.75 Å². The van der Waals surface area contributed by atoms with Crippen LogP contribution in [-0.2, 0) is 0 Å². The third kappa shape index (κ3) is 2.22. The Balaban J connectivity index is 2.50. The predicted molar refractivity (Wildman–Crippen MR) is 37.9 cm³/mol. The highest BCUT2D eigenvalue weighted by molar-refractivity contribution is 8.02. The van der Waals surface area contributed by atoms with Crippen molar-refractivity contribution in [3.8, 4) is 0 Å². The normalized spacial score (nSPS) is 22.3. The SMILES string of the molecule is OC(O)C=C1C=CSC1. The van der Waals surface area contributed by atoms with Gasteiger partial charge in [0.2, 0.25) is 0 Å². The van der Waals surface area contributed by atoms with Crippen LogP contribution < -0.4 is 0 Å². The molecule has 0 saturated carbocycles. The van der Waals surface area contributed by atoms with Crippen molar-refractivity contribution in [3.05, 3.63) is 23.1 Å². The zero-order chi connectivity index (χ0) is 6.69. The van der Waals surface area contributed by atoms with Crippen LogP contribution in [0.25, 0.3) is 0 Å². The van der Waals surface area contributed by atoms with Gasteiger partial charge in [-0.1, -0.05) is 6.08 Å². The average molecular weight is 144 g/mol. The molecule has 0 amide bonds. The summed E-state index contributed by atoms with van der Waals surface area (Å²) in [4.78, 5) is 0. The van der Waals surface area contributed by atoms with E-state index in [1.54, 1.807) is 11.8 Å². The molecule has 0 aromatic carbocycles. The smallest absolute Gasteiger partial charge is 0.171 e. The Labute approximate surface area is 57.9 Å². The molecule has 2 N–H and O–H groups in total. The highest BCUT2D eigenvalue weighted by atomic mass is 32.2. The van der Waals surface area contributed by atoms with Crippen LogP contribution in [0.3, 0.4) is 0 Å². The van der Waals surface area contributed by atoms with Crippen molar-refractivity contribution in [2.45, 2.75) is 6.29 Å². The predicted octanol–water partition coefficient (Wildman–Crippen LogP) is 0.484. The molecule has 0 bridgehead atoms. The first kappa shape index (κ1) is 6.86. The van der Waals surface area contributed by atoms with E-state index in [0.29, 0.717) is 0 Å². The maximum absolute atomic E-state index is 8.45. The van der Waals surface area contributed by atoms with E-state index in [1.807, 2.05) is 11.5 Å². The lowest BCUT2D eigenvalue weighted by Gasteiger charge is -1.94. The monoisotopic (exact) mass is 144 g/mol. The number of aliphatic hydroxyl groups excluding tert-OH is 1. The highest BCUT2D eigenvalue weighted by Gasteiger charge is 2.00. The minimum absolute atomic E-state index is 0.859. The van der Waals surface area contributed by atoms with Gasteiger partial charge in [0.1, 0.15) is 0 Å². The van der Waals surface area contributed by atoms with E-state index in [2.05, 4.69) is 0 Å². The molecule has 0 aromatic rings. The number of hydrogen-bond donors (Lipinski definition) is 2. The Kier molecular flexibility index (Phi) is 2.33. The fourth-order valence-corrected chi connectivity index (χ4v) is 1.38. The van der Waals surface area contributed by atoms with Gasteiger partial charge in [0.25, 0.3) is 0 Å². The summed E-state index contributed by atoms with van der Waals surface area (Å²) in [6, 6.07) is 0. The minimum atomic E-state index is -1.30. The summed E-state index contributed by atoms with van der Waals surface area (Å²) in [5.74, 6) is 0.859. The van der Waals surface area contributed by atoms with Crippen LogP contribution in [0, 0.1) is 0 Å². The second-order valence-corrected chi connectivity index (χ2v) is 2.66. The minimum Gasteiger partial charge on any atom is -0.365 e. The Hall–Kier alpha value is -0.250. The molecule has 9 heavy (non-hydrogen) atoms. The van der Waals surface area contributed by atoms with Gasteiger partial charge in [-0.25, -0.2) is 0 Å². The summed E-state index contributed by atoms with van der Waals surface area (Å²) in [6.45, 7) is 0. The summed E-state index contributed by atoms with van der Waals surface area (Å²) < 4.78 is 0. The summed E-state index contributed by atoms with van der Waals surface area (Å²) in [7, 11) is 0. The summed E-state index contributed by atoms with van der Waals surface area (Å²) in [5, 5.41) is 18.8. The number of thioether (sulfide) groups is 1. The number of allylic oxidation sites excluding steroid dienone is 1. The van der Waals surface area contributed by atoms with Crippen molar-refractivity contribution in [1.82, 2.24) is 0 Å². The third-order valence-corrected chi connectivity index (χ3v) is 1.82. The lowest BCUT2D eigenvalue weighted by molar-refractivity contribution is 0.00195. The van der Waals surface area contributed by atoms with Gasteiger partial charge >= 0.3 is 0 Å². The largest absolute Gasteiger partial charge is 0.365 e. The standard InChI is InChI=1S/C6H8O2S/c7-6(8)3-5-1-2-9-4-5/h1-3,6-8H,4H2. The van der Waals surface area contributed by atoms with Crippen molar-refractivity contribution in [1.29, 1.82) is 0 Å². The summed E-state index contributed by atoms with van der Waals surface area (Å²) in [5.41, 5.74) is 0.981. The first-order valence-electron chi connectivity index (χ1n) is 2.64. The fourth-order valence-electron chi connectivity index (χ4n) is 0.623. The highest BCUT2D eigenvalue weighted by Crippen LogP contribution is 2.19. The Morgan fingerprint density at radius 3 is 2.89 bits per heavy atom. The van der Waals surface area contributed by atoms with Crippen LogP contribution in [0.1, 0.15) is 0 Å². The van der Waals surface area contributed by atoms with Crippen LogP contribution in [0.5, 0.6) is 0 Å². The maximum atomic E-state index is 8.45. The molecule has 1 aliphatic rings. The summed E-state index contributed by atoms with van der Waals surface area (Å²) >= 11 is 1.65. The molecule has 50 valence electrons.